The van der Waals surface area contributed by atoms with Crippen LogP contribution in [0.4, 0.5) is 5.69 Å². The van der Waals surface area contributed by atoms with Crippen LogP contribution in [0, 0.1) is 0 Å². The summed E-state index contributed by atoms with van der Waals surface area (Å²) in [5, 5.41) is 12.1. The number of carbonyl (C=O) groups is 3. The van der Waals surface area contributed by atoms with Crippen molar-refractivity contribution in [1.82, 2.24) is 5.32 Å². The normalized spacial score (nSPS) is 19.0. The number of fused-ring (bicyclic) bond motifs is 1. The number of benzene rings is 1. The zero-order valence-corrected chi connectivity index (χ0v) is 13.8. The van der Waals surface area contributed by atoms with E-state index in [9.17, 15) is 14.4 Å². The number of aliphatic carboxylic acids is 1. The lowest BCUT2D eigenvalue weighted by Gasteiger charge is -2.29. The van der Waals surface area contributed by atoms with Crippen LogP contribution in [-0.2, 0) is 16.0 Å². The van der Waals surface area contributed by atoms with Gasteiger partial charge in [0, 0.05) is 24.7 Å². The molecular weight excluding hydrogens is 308 g/mol. The fraction of sp³-hybridized carbons (Fsp3) is 0.500. The predicted octanol–water partition coefficient (Wildman–Crippen LogP) is 2.11. The molecular formula is C18H22N2O4. The van der Waals surface area contributed by atoms with Crippen LogP contribution < -0.4 is 10.2 Å². The number of nitrogens with one attached hydrogen (secondary N) is 1. The predicted molar refractivity (Wildman–Crippen MR) is 89.1 cm³/mol. The van der Waals surface area contributed by atoms with Gasteiger partial charge >= 0.3 is 5.97 Å². The Kier molecular flexibility index (Phi) is 4.30. The van der Waals surface area contributed by atoms with E-state index in [1.807, 2.05) is 6.07 Å². The Labute approximate surface area is 140 Å². The highest BCUT2D eigenvalue weighted by molar-refractivity contribution is 5.99. The SMILES string of the molecule is CN1C(=O)CCc2cc(C(=O)NC3(CC(=O)O)CCCC3)ccc21. The molecule has 6 nitrogen and oxygen atoms in total. The van der Waals surface area contributed by atoms with Crippen molar-refractivity contribution >= 4 is 23.5 Å². The fourth-order valence-electron chi connectivity index (χ4n) is 3.80. The summed E-state index contributed by atoms with van der Waals surface area (Å²) in [6.07, 6.45) is 4.30. The van der Waals surface area contributed by atoms with Gasteiger partial charge in [-0.3, -0.25) is 14.4 Å². The second-order valence-corrected chi connectivity index (χ2v) is 6.81. The molecule has 1 aliphatic carbocycles. The minimum Gasteiger partial charge on any atom is -0.481 e. The summed E-state index contributed by atoms with van der Waals surface area (Å²) in [6, 6.07) is 5.31. The van der Waals surface area contributed by atoms with Crippen molar-refractivity contribution in [1.29, 1.82) is 0 Å². The molecule has 1 aliphatic heterocycles. The fourth-order valence-corrected chi connectivity index (χ4v) is 3.80. The van der Waals surface area contributed by atoms with Gasteiger partial charge in [0.1, 0.15) is 0 Å². The van der Waals surface area contributed by atoms with Crippen LogP contribution in [0.5, 0.6) is 0 Å². The van der Waals surface area contributed by atoms with E-state index in [1.165, 1.54) is 0 Å². The van der Waals surface area contributed by atoms with E-state index in [0.717, 1.165) is 24.1 Å². The van der Waals surface area contributed by atoms with Crippen LogP contribution >= 0.6 is 0 Å². The summed E-state index contributed by atoms with van der Waals surface area (Å²) < 4.78 is 0. The third-order valence-corrected chi connectivity index (χ3v) is 5.11. The molecule has 2 N–H and O–H groups in total. The lowest BCUT2D eigenvalue weighted by atomic mass is 9.92. The molecule has 0 radical (unpaired) electrons. The van der Waals surface area contributed by atoms with Gasteiger partial charge in [0.05, 0.1) is 12.0 Å². The number of carbonyl (C=O) groups excluding carboxylic acids is 2. The van der Waals surface area contributed by atoms with E-state index in [2.05, 4.69) is 5.32 Å². The van der Waals surface area contributed by atoms with E-state index >= 15 is 0 Å². The smallest absolute Gasteiger partial charge is 0.305 e. The van der Waals surface area contributed by atoms with Crippen LogP contribution in [0.3, 0.4) is 0 Å². The Balaban J connectivity index is 1.80. The summed E-state index contributed by atoms with van der Waals surface area (Å²) in [6.45, 7) is 0. The molecule has 1 heterocycles. The van der Waals surface area contributed by atoms with Gasteiger partial charge < -0.3 is 15.3 Å². The zero-order valence-electron chi connectivity index (χ0n) is 13.8. The molecule has 1 aromatic rings. The number of carboxylic acid groups (broad SMARTS) is 1. The van der Waals surface area contributed by atoms with Gasteiger partial charge in [0.2, 0.25) is 5.91 Å². The molecule has 24 heavy (non-hydrogen) atoms. The molecule has 0 atom stereocenters. The van der Waals surface area contributed by atoms with E-state index in [0.29, 0.717) is 31.2 Å². The lowest BCUT2D eigenvalue weighted by Crippen LogP contribution is -2.47. The van der Waals surface area contributed by atoms with E-state index in [1.54, 1.807) is 24.1 Å². The van der Waals surface area contributed by atoms with Crippen molar-refractivity contribution < 1.29 is 19.5 Å². The molecule has 1 saturated carbocycles. The molecule has 1 aromatic carbocycles. The Morgan fingerprint density at radius 2 is 1.96 bits per heavy atom. The van der Waals surface area contributed by atoms with Crippen LogP contribution in [0.15, 0.2) is 18.2 Å². The molecule has 0 saturated heterocycles. The highest BCUT2D eigenvalue weighted by Gasteiger charge is 2.37. The number of carboxylic acids is 1. The molecule has 0 bridgehead atoms. The quantitative estimate of drug-likeness (QED) is 0.885. The summed E-state index contributed by atoms with van der Waals surface area (Å²) >= 11 is 0. The number of nitrogens with zero attached hydrogens (tertiary/aromatic N) is 1. The van der Waals surface area contributed by atoms with Gasteiger partial charge in [-0.1, -0.05) is 12.8 Å². The Bertz CT molecular complexity index is 692. The first kappa shape index (κ1) is 16.5. The maximum Gasteiger partial charge on any atom is 0.305 e. The van der Waals surface area contributed by atoms with Crippen molar-refractivity contribution in [3.05, 3.63) is 29.3 Å². The Hall–Kier alpha value is -2.37. The van der Waals surface area contributed by atoms with Gasteiger partial charge in [-0.15, -0.1) is 0 Å². The van der Waals surface area contributed by atoms with Gasteiger partial charge in [-0.05, 0) is 43.0 Å². The second kappa shape index (κ2) is 6.26. The van der Waals surface area contributed by atoms with E-state index in [4.69, 9.17) is 5.11 Å². The minimum absolute atomic E-state index is 0.0408. The number of amides is 2. The topological polar surface area (TPSA) is 86.7 Å². The molecule has 6 heteroatoms. The van der Waals surface area contributed by atoms with Crippen molar-refractivity contribution in [2.45, 2.75) is 50.5 Å². The monoisotopic (exact) mass is 330 g/mol. The maximum atomic E-state index is 12.6. The number of hydrogen-bond acceptors (Lipinski definition) is 3. The van der Waals surface area contributed by atoms with Gasteiger partial charge in [-0.2, -0.15) is 0 Å². The van der Waals surface area contributed by atoms with Gasteiger partial charge in [0.25, 0.3) is 5.91 Å². The first-order valence-corrected chi connectivity index (χ1v) is 8.34. The highest BCUT2D eigenvalue weighted by Crippen LogP contribution is 2.33. The summed E-state index contributed by atoms with van der Waals surface area (Å²) in [7, 11) is 1.74. The van der Waals surface area contributed by atoms with Gasteiger partial charge in [-0.25, -0.2) is 0 Å². The molecule has 2 amide bonds. The molecule has 3 rings (SSSR count). The molecule has 0 spiro atoms. The van der Waals surface area contributed by atoms with Crippen molar-refractivity contribution in [3.63, 3.8) is 0 Å². The number of rotatable bonds is 4. The lowest BCUT2D eigenvalue weighted by molar-refractivity contribution is -0.138. The van der Waals surface area contributed by atoms with Gasteiger partial charge in [0.15, 0.2) is 0 Å². The average Bonchev–Trinajstić information content (AvgIpc) is 2.97. The summed E-state index contributed by atoms with van der Waals surface area (Å²) in [4.78, 5) is 37.1. The van der Waals surface area contributed by atoms with Crippen molar-refractivity contribution in [3.8, 4) is 0 Å². The van der Waals surface area contributed by atoms with Crippen molar-refractivity contribution in [2.24, 2.45) is 0 Å². The number of anilines is 1. The van der Waals surface area contributed by atoms with E-state index < -0.39 is 11.5 Å². The highest BCUT2D eigenvalue weighted by atomic mass is 16.4. The molecule has 0 aromatic heterocycles. The maximum absolute atomic E-state index is 12.6. The van der Waals surface area contributed by atoms with Crippen molar-refractivity contribution in [2.75, 3.05) is 11.9 Å². The van der Waals surface area contributed by atoms with Crippen LogP contribution in [0.2, 0.25) is 0 Å². The van der Waals surface area contributed by atoms with E-state index in [-0.39, 0.29) is 18.2 Å². The molecule has 0 unspecified atom stereocenters. The third kappa shape index (κ3) is 3.13. The number of hydrogen-bond donors (Lipinski definition) is 2. The first-order chi connectivity index (χ1) is 11.4. The molecule has 128 valence electrons. The standard InChI is InChI=1S/C18H22N2O4/c1-20-14-6-4-13(10-12(14)5-7-15(20)21)17(24)19-18(11-16(22)23)8-2-3-9-18/h4,6,10H,2-3,5,7-9,11H2,1H3,(H,19,24)(H,22,23). The van der Waals surface area contributed by atoms with Crippen LogP contribution in [0.1, 0.15) is 54.4 Å². The Morgan fingerprint density at radius 1 is 1.25 bits per heavy atom. The van der Waals surface area contributed by atoms with Crippen LogP contribution in [-0.4, -0.2) is 35.5 Å². The molecule has 2 aliphatic rings. The average molecular weight is 330 g/mol. The minimum atomic E-state index is -0.886. The summed E-state index contributed by atoms with van der Waals surface area (Å²) in [5.41, 5.74) is 1.70. The van der Waals surface area contributed by atoms with Crippen LogP contribution in [0.25, 0.3) is 0 Å². The Morgan fingerprint density at radius 3 is 2.62 bits per heavy atom. The third-order valence-electron chi connectivity index (χ3n) is 5.11. The largest absolute Gasteiger partial charge is 0.481 e. The zero-order chi connectivity index (χ0) is 17.3. The number of aryl methyl sites for hydroxylation is 1. The second-order valence-electron chi connectivity index (χ2n) is 6.81. The first-order valence-electron chi connectivity index (χ1n) is 8.34. The summed E-state index contributed by atoms with van der Waals surface area (Å²) in [5.74, 6) is -1.05. The molecule has 1 fully saturated rings.